The van der Waals surface area contributed by atoms with Gasteiger partial charge in [0.05, 0.1) is 35.4 Å². The van der Waals surface area contributed by atoms with E-state index < -0.39 is 65.2 Å². The lowest BCUT2D eigenvalue weighted by Gasteiger charge is -2.34. The molecule has 2 aliphatic rings. The number of aliphatic imine (C=N–C) groups is 1. The Morgan fingerprint density at radius 3 is 2.55 bits per heavy atom. The van der Waals surface area contributed by atoms with Gasteiger partial charge in [-0.2, -0.15) is 14.3 Å². The second-order valence-corrected chi connectivity index (χ2v) is 16.0. The van der Waals surface area contributed by atoms with Crippen LogP contribution in [0.5, 0.6) is 0 Å². The van der Waals surface area contributed by atoms with Crippen LogP contribution in [0.4, 0.5) is 22.4 Å². The first-order valence-electron chi connectivity index (χ1n) is 16.2. The zero-order valence-electron chi connectivity index (χ0n) is 28.7. The topological polar surface area (TPSA) is 166 Å². The number of nitrogens with zero attached hydrogens (tertiary/aromatic N) is 7. The summed E-state index contributed by atoms with van der Waals surface area (Å²) >= 11 is 6.51. The number of carbonyl (C=O) groups is 2. The number of benzene rings is 2. The Morgan fingerprint density at radius 1 is 1.17 bits per heavy atom. The molecule has 1 saturated carbocycles. The fourth-order valence-corrected chi connectivity index (χ4v) is 6.16. The average Bonchev–Trinajstić information content (AvgIpc) is 3.47. The number of rotatable bonds is 8. The van der Waals surface area contributed by atoms with Crippen molar-refractivity contribution < 1.29 is 40.3 Å². The Morgan fingerprint density at radius 2 is 1.91 bits per heavy atom. The van der Waals surface area contributed by atoms with Crippen molar-refractivity contribution in [3.63, 3.8) is 0 Å². The minimum absolute atomic E-state index is 0.0728. The smallest absolute Gasteiger partial charge is 0.407 e. The molecule has 2 bridgehead atoms. The van der Waals surface area contributed by atoms with Gasteiger partial charge in [0.15, 0.2) is 5.82 Å². The van der Waals surface area contributed by atoms with E-state index in [9.17, 15) is 26.8 Å². The van der Waals surface area contributed by atoms with Gasteiger partial charge < -0.3 is 15.4 Å². The van der Waals surface area contributed by atoms with E-state index in [0.717, 1.165) is 40.6 Å². The third-order valence-electron chi connectivity index (χ3n) is 8.44. The number of ether oxygens (including phenoxy) is 1. The molecule has 1 fully saturated rings. The maximum atomic E-state index is 16.3. The Hall–Kier alpha value is -5.04. The maximum absolute atomic E-state index is 16.3. The second kappa shape index (κ2) is 14.1. The summed E-state index contributed by atoms with van der Waals surface area (Å²) in [5.74, 6) is -5.54. The van der Waals surface area contributed by atoms with Gasteiger partial charge in [-0.3, -0.25) is 14.7 Å². The SMILES string of the molecule is CC(C)(C)CCN=C1NC(F)c2ncnn2-c2cc(ccc2Cl)[C@@H](COC(=O)N[C@H]2CC2(F)F)N1C(=O)c1ccc(-c2cnn(S(C)(=O)=O)c2)c(F)c1. The molecule has 0 saturated heterocycles. The number of hydrogen-bond acceptors (Lipinski definition) is 9. The van der Waals surface area contributed by atoms with E-state index >= 15 is 8.78 Å². The highest BCUT2D eigenvalue weighted by atomic mass is 35.5. The van der Waals surface area contributed by atoms with Crippen LogP contribution in [-0.2, 0) is 14.8 Å². The summed E-state index contributed by atoms with van der Waals surface area (Å²) < 4.78 is 90.4. The molecule has 1 unspecified atom stereocenters. The van der Waals surface area contributed by atoms with Crippen LogP contribution in [0.1, 0.15) is 67.7 Å². The van der Waals surface area contributed by atoms with Crippen LogP contribution in [0, 0.1) is 11.2 Å². The summed E-state index contributed by atoms with van der Waals surface area (Å²) in [4.78, 5) is 37.0. The van der Waals surface area contributed by atoms with Crippen LogP contribution in [0.3, 0.4) is 0 Å². The molecule has 2 N–H and O–H groups in total. The highest BCUT2D eigenvalue weighted by Crippen LogP contribution is 2.41. The Balaban J connectivity index is 1.47. The number of halogens is 5. The van der Waals surface area contributed by atoms with Gasteiger partial charge in [-0.15, -0.1) is 0 Å². The molecule has 6 rings (SSSR count). The highest BCUT2D eigenvalue weighted by molar-refractivity contribution is 7.89. The maximum Gasteiger partial charge on any atom is 0.407 e. The van der Waals surface area contributed by atoms with Crippen molar-refractivity contribution in [3.8, 4) is 16.8 Å². The number of carbonyl (C=O) groups excluding carboxylic acids is 2. The van der Waals surface area contributed by atoms with Gasteiger partial charge in [0, 0.05) is 29.7 Å². The first-order chi connectivity index (χ1) is 24.8. The van der Waals surface area contributed by atoms with Gasteiger partial charge in [-0.1, -0.05) is 44.5 Å². The quantitative estimate of drug-likeness (QED) is 0.176. The molecule has 14 nitrogen and oxygen atoms in total. The normalized spacial score (nSPS) is 20.4. The molecule has 0 radical (unpaired) electrons. The van der Waals surface area contributed by atoms with E-state index in [-0.39, 0.29) is 56.7 Å². The van der Waals surface area contributed by atoms with Gasteiger partial charge in [0.2, 0.25) is 12.3 Å². The van der Waals surface area contributed by atoms with Crippen LogP contribution in [0.25, 0.3) is 16.8 Å². The second-order valence-electron chi connectivity index (χ2n) is 13.8. The summed E-state index contributed by atoms with van der Waals surface area (Å²) in [5, 5.41) is 12.7. The number of fused-ring (bicyclic) bond motifs is 4. The van der Waals surface area contributed by atoms with E-state index in [4.69, 9.17) is 16.3 Å². The third kappa shape index (κ3) is 8.30. The standard InChI is InChI=1S/C33H34ClF4N9O5S/c1-32(2,3)9-10-39-30-44-27(36)28-40-17-42-47(28)24-12-18(6-8-22(24)34)25(16-52-31(49)43-26-13-33(26,37)38)46(30)29(48)19-5-7-21(23(35)11-19)20-14-41-45(15-20)53(4,50)51/h5-8,11-12,14-15,17,25-27H,9-10,13,16H2,1-4H3,(H,39,44)(H,43,49)/t25-,26+,27?/m1/s1. The lowest BCUT2D eigenvalue weighted by Crippen LogP contribution is -2.50. The molecule has 2 aromatic carbocycles. The summed E-state index contributed by atoms with van der Waals surface area (Å²) in [5.41, 5.74) is -0.0635. The van der Waals surface area contributed by atoms with Crippen LogP contribution >= 0.6 is 11.6 Å². The van der Waals surface area contributed by atoms with Crippen molar-refractivity contribution in [2.75, 3.05) is 19.4 Å². The van der Waals surface area contributed by atoms with Crippen molar-refractivity contribution in [2.45, 2.75) is 57.9 Å². The number of guanidine groups is 1. The van der Waals surface area contributed by atoms with E-state index in [1.807, 2.05) is 20.8 Å². The fourth-order valence-electron chi connectivity index (χ4n) is 5.43. The molecule has 4 aromatic rings. The Labute approximate surface area is 306 Å². The van der Waals surface area contributed by atoms with E-state index in [0.29, 0.717) is 10.5 Å². The van der Waals surface area contributed by atoms with Crippen molar-refractivity contribution in [3.05, 3.63) is 82.9 Å². The number of hydrogen-bond donors (Lipinski definition) is 2. The monoisotopic (exact) mass is 779 g/mol. The van der Waals surface area contributed by atoms with Gasteiger partial charge in [0.25, 0.3) is 21.9 Å². The Bertz CT molecular complexity index is 2210. The van der Waals surface area contributed by atoms with Crippen molar-refractivity contribution in [1.29, 1.82) is 0 Å². The lowest BCUT2D eigenvalue weighted by molar-refractivity contribution is 0.0674. The first kappa shape index (κ1) is 37.7. The molecule has 282 valence electrons. The van der Waals surface area contributed by atoms with E-state index in [1.54, 1.807) is 0 Å². The largest absolute Gasteiger partial charge is 0.447 e. The number of aromatic nitrogens is 5. The number of alkyl halides is 3. The molecule has 1 aliphatic heterocycles. The molecule has 20 heteroatoms. The minimum Gasteiger partial charge on any atom is -0.447 e. The van der Waals surface area contributed by atoms with Crippen molar-refractivity contribution in [2.24, 2.45) is 10.4 Å². The highest BCUT2D eigenvalue weighted by Gasteiger charge is 2.58. The van der Waals surface area contributed by atoms with E-state index in [1.165, 1.54) is 30.3 Å². The number of alkyl carbamates (subject to hydrolysis) is 1. The summed E-state index contributed by atoms with van der Waals surface area (Å²) in [6.45, 7) is 5.27. The zero-order chi connectivity index (χ0) is 38.5. The van der Waals surface area contributed by atoms with Gasteiger partial charge in [-0.25, -0.2) is 40.4 Å². The van der Waals surface area contributed by atoms with Crippen LogP contribution in [0.2, 0.25) is 5.02 Å². The number of nitrogens with one attached hydrogen (secondary N) is 2. The Kier molecular flexibility index (Phi) is 10.0. The lowest BCUT2D eigenvalue weighted by atomic mass is 9.92. The molecule has 1 aliphatic carbocycles. The van der Waals surface area contributed by atoms with Gasteiger partial charge in [0.1, 0.15) is 24.8 Å². The predicted octanol–water partition coefficient (Wildman–Crippen LogP) is 5.41. The van der Waals surface area contributed by atoms with Crippen molar-refractivity contribution >= 4 is 39.6 Å². The summed E-state index contributed by atoms with van der Waals surface area (Å²) in [6, 6.07) is 5.06. The molecule has 0 spiro atoms. The molecular weight excluding hydrogens is 746 g/mol. The van der Waals surface area contributed by atoms with Crippen LogP contribution in [-0.4, -0.2) is 86.6 Å². The molecule has 3 atom stereocenters. The van der Waals surface area contributed by atoms with Gasteiger partial charge >= 0.3 is 6.09 Å². The molecular formula is C33H34ClF4N9O5S. The predicted molar refractivity (Wildman–Crippen MR) is 184 cm³/mol. The van der Waals surface area contributed by atoms with Crippen molar-refractivity contribution in [1.82, 2.24) is 39.5 Å². The van der Waals surface area contributed by atoms with Gasteiger partial charge in [-0.05, 0) is 41.7 Å². The summed E-state index contributed by atoms with van der Waals surface area (Å²) in [6.07, 6.45) is 0.838. The van der Waals surface area contributed by atoms with Crippen LogP contribution in [0.15, 0.2) is 60.1 Å². The molecule has 2 aromatic heterocycles. The van der Waals surface area contributed by atoms with Crippen LogP contribution < -0.4 is 10.6 Å². The average molecular weight is 780 g/mol. The molecule has 53 heavy (non-hydrogen) atoms. The molecule has 3 heterocycles. The minimum atomic E-state index is -3.77. The zero-order valence-corrected chi connectivity index (χ0v) is 30.3. The number of amides is 2. The third-order valence-corrected chi connectivity index (χ3v) is 9.64. The fraction of sp³-hybridized carbons (Fsp3) is 0.394. The van der Waals surface area contributed by atoms with E-state index in [2.05, 4.69) is 30.8 Å². The summed E-state index contributed by atoms with van der Waals surface area (Å²) in [7, 11) is -3.77. The molecule has 2 amide bonds. The first-order valence-corrected chi connectivity index (χ1v) is 18.4.